The van der Waals surface area contributed by atoms with Crippen molar-refractivity contribution in [3.63, 3.8) is 0 Å². The zero-order chi connectivity index (χ0) is 18.5. The van der Waals surface area contributed by atoms with Gasteiger partial charge in [0.25, 0.3) is 0 Å². The number of carbonyl (C=O) groups is 1. The molecule has 0 aliphatic carbocycles. The number of benzene rings is 1. The number of amides is 1. The first-order valence-corrected chi connectivity index (χ1v) is 12.7. The Balaban J connectivity index is 1.64. The molecule has 1 saturated heterocycles. The summed E-state index contributed by atoms with van der Waals surface area (Å²) in [4.78, 5) is 24.2. The van der Waals surface area contributed by atoms with Crippen LogP contribution < -0.4 is 12.8 Å². The van der Waals surface area contributed by atoms with Crippen molar-refractivity contribution in [1.82, 2.24) is 9.97 Å². The summed E-state index contributed by atoms with van der Waals surface area (Å²) in [5, 5.41) is 0.200. The Morgan fingerprint density at radius 1 is 1.41 bits per heavy atom. The summed E-state index contributed by atoms with van der Waals surface area (Å²) in [6.07, 6.45) is 2.69. The van der Waals surface area contributed by atoms with E-state index in [1.54, 1.807) is 13.3 Å². The Labute approximate surface area is 169 Å². The summed E-state index contributed by atoms with van der Waals surface area (Å²) >= 11 is 4.09. The van der Waals surface area contributed by atoms with Crippen LogP contribution in [0.2, 0.25) is 5.28 Å². The molecule has 2 aromatic rings. The predicted octanol–water partition coefficient (Wildman–Crippen LogP) is 2.54. The molecule has 3 aliphatic rings. The number of ether oxygens (including phenoxy) is 2. The van der Waals surface area contributed by atoms with Gasteiger partial charge in [-0.1, -0.05) is 0 Å². The van der Waals surface area contributed by atoms with Crippen molar-refractivity contribution in [2.24, 2.45) is 0 Å². The van der Waals surface area contributed by atoms with E-state index in [1.165, 1.54) is 9.13 Å². The number of alkyl halides is 1. The third-order valence-corrected chi connectivity index (χ3v) is 11.3. The second-order valence-corrected chi connectivity index (χ2v) is 12.0. The predicted molar refractivity (Wildman–Crippen MR) is 111 cm³/mol. The summed E-state index contributed by atoms with van der Waals surface area (Å²) < 4.78 is 15.3. The standard InChI is InChI=1S/C18H18ClIN4O3/c1-26-12-3-2-11-4-5-20(13(11)8-12)24-14-9-21-18(19)22-16(14)23-6-7-27-10-15(23)17(24)25/h2-3,8-9,15H,4-7,10H2,1H3. The van der Waals surface area contributed by atoms with E-state index >= 15 is 0 Å². The number of anilines is 2. The van der Waals surface area contributed by atoms with Gasteiger partial charge in [0.2, 0.25) is 0 Å². The van der Waals surface area contributed by atoms with Crippen molar-refractivity contribution in [1.29, 1.82) is 0 Å². The van der Waals surface area contributed by atoms with Gasteiger partial charge in [0, 0.05) is 0 Å². The van der Waals surface area contributed by atoms with Gasteiger partial charge in [-0.05, 0) is 0 Å². The van der Waals surface area contributed by atoms with Gasteiger partial charge in [0.05, 0.1) is 0 Å². The van der Waals surface area contributed by atoms with E-state index in [9.17, 15) is 4.79 Å². The molecule has 0 bridgehead atoms. The topological polar surface area (TPSA) is 67.8 Å². The number of methoxy groups -OCH3 is 1. The number of aromatic nitrogens is 2. The van der Waals surface area contributed by atoms with E-state index in [0.717, 1.165) is 28.1 Å². The zero-order valence-electron chi connectivity index (χ0n) is 14.7. The summed E-state index contributed by atoms with van der Waals surface area (Å²) in [6.45, 7) is 1.59. The van der Waals surface area contributed by atoms with Crippen LogP contribution in [0.3, 0.4) is 0 Å². The van der Waals surface area contributed by atoms with Crippen molar-refractivity contribution in [3.8, 4) is 5.75 Å². The summed E-state index contributed by atoms with van der Waals surface area (Å²) in [6, 6.07) is 5.87. The SMILES string of the molecule is COc1ccc2c(c1)I(N1C(=O)C3COCCN3c3nc(Cl)ncc31)CC2. The van der Waals surface area contributed by atoms with Crippen LogP contribution in [0.25, 0.3) is 0 Å². The second kappa shape index (κ2) is 6.75. The number of hydrogen-bond donors (Lipinski definition) is 0. The molecule has 142 valence electrons. The number of nitrogens with zero attached hydrogens (tertiary/aromatic N) is 4. The van der Waals surface area contributed by atoms with Gasteiger partial charge in [-0.3, -0.25) is 0 Å². The fourth-order valence-electron chi connectivity index (χ4n) is 3.75. The van der Waals surface area contributed by atoms with Crippen LogP contribution in [0.1, 0.15) is 5.56 Å². The van der Waals surface area contributed by atoms with Gasteiger partial charge < -0.3 is 0 Å². The molecule has 27 heavy (non-hydrogen) atoms. The van der Waals surface area contributed by atoms with Gasteiger partial charge in [0.1, 0.15) is 0 Å². The molecule has 0 spiro atoms. The van der Waals surface area contributed by atoms with Crippen LogP contribution in [0, 0.1) is 3.57 Å². The number of morpholine rings is 1. The van der Waals surface area contributed by atoms with E-state index in [2.05, 4.69) is 22.1 Å². The monoisotopic (exact) mass is 500 g/mol. The number of hydrogen-bond acceptors (Lipinski definition) is 6. The molecule has 1 atom stereocenters. The van der Waals surface area contributed by atoms with E-state index in [0.29, 0.717) is 19.8 Å². The van der Waals surface area contributed by atoms with Crippen molar-refractivity contribution < 1.29 is 14.3 Å². The van der Waals surface area contributed by atoms with E-state index in [-0.39, 0.29) is 17.2 Å². The Kier molecular flexibility index (Phi) is 4.36. The van der Waals surface area contributed by atoms with Crippen LogP contribution >= 0.6 is 31.7 Å². The summed E-state index contributed by atoms with van der Waals surface area (Å²) in [5.74, 6) is 1.67. The molecule has 1 fully saturated rings. The number of rotatable bonds is 2. The molecule has 1 unspecified atom stereocenters. The maximum absolute atomic E-state index is 13.5. The van der Waals surface area contributed by atoms with Crippen LogP contribution in [0.15, 0.2) is 24.4 Å². The Morgan fingerprint density at radius 3 is 3.15 bits per heavy atom. The number of carbonyl (C=O) groups excluding carboxylic acids is 1. The fourth-order valence-corrected chi connectivity index (χ4v) is 10.3. The molecule has 1 amide bonds. The first-order valence-electron chi connectivity index (χ1n) is 8.71. The van der Waals surface area contributed by atoms with Crippen LogP contribution in [0.4, 0.5) is 11.5 Å². The summed E-state index contributed by atoms with van der Waals surface area (Å²) in [7, 11) is 1.67. The number of halogens is 2. The molecule has 0 radical (unpaired) electrons. The average molecular weight is 501 g/mol. The van der Waals surface area contributed by atoms with E-state index < -0.39 is 20.1 Å². The number of fused-ring (bicyclic) bond motifs is 4. The first kappa shape index (κ1) is 17.4. The molecule has 0 N–H and O–H groups in total. The van der Waals surface area contributed by atoms with Crippen molar-refractivity contribution >= 4 is 49.1 Å². The minimum absolute atomic E-state index is 0.0917. The van der Waals surface area contributed by atoms with Crippen molar-refractivity contribution in [2.75, 3.05) is 39.3 Å². The minimum atomic E-state index is -2.00. The third-order valence-electron chi connectivity index (χ3n) is 5.05. The normalized spacial score (nSPS) is 22.4. The Morgan fingerprint density at radius 2 is 2.30 bits per heavy atom. The van der Waals surface area contributed by atoms with Crippen LogP contribution in [0.5, 0.6) is 5.75 Å². The van der Waals surface area contributed by atoms with Crippen LogP contribution in [-0.2, 0) is 16.0 Å². The van der Waals surface area contributed by atoms with Gasteiger partial charge in [-0.2, -0.15) is 0 Å². The molecule has 1 aromatic carbocycles. The first-order chi connectivity index (χ1) is 13.2. The molecule has 0 saturated carbocycles. The van der Waals surface area contributed by atoms with E-state index in [1.807, 2.05) is 14.1 Å². The van der Waals surface area contributed by atoms with Gasteiger partial charge >= 0.3 is 170 Å². The fraction of sp³-hybridized carbons (Fsp3) is 0.389. The molecule has 9 heteroatoms. The van der Waals surface area contributed by atoms with Gasteiger partial charge in [-0.15, -0.1) is 0 Å². The summed E-state index contributed by atoms with van der Waals surface area (Å²) in [5.41, 5.74) is 2.09. The molecular weight excluding hydrogens is 483 g/mol. The molecule has 5 rings (SSSR count). The van der Waals surface area contributed by atoms with Crippen molar-refractivity contribution in [2.45, 2.75) is 12.5 Å². The van der Waals surface area contributed by atoms with Gasteiger partial charge in [-0.25, -0.2) is 0 Å². The zero-order valence-corrected chi connectivity index (χ0v) is 17.6. The third kappa shape index (κ3) is 2.76. The number of aryl methyl sites for hydroxylation is 1. The Hall–Kier alpha value is -1.65. The quantitative estimate of drug-likeness (QED) is 0.273. The van der Waals surface area contributed by atoms with Crippen molar-refractivity contribution in [3.05, 3.63) is 38.8 Å². The van der Waals surface area contributed by atoms with Crippen LogP contribution in [-0.4, -0.2) is 53.2 Å². The molecule has 1 aromatic heterocycles. The van der Waals surface area contributed by atoms with Gasteiger partial charge in [0.15, 0.2) is 0 Å². The van der Waals surface area contributed by atoms with E-state index in [4.69, 9.17) is 21.1 Å². The molecule has 3 aliphatic heterocycles. The maximum atomic E-state index is 13.5. The molecular formula is C18H18ClIN4O3. The molecule has 7 nitrogen and oxygen atoms in total. The molecule has 4 heterocycles. The average Bonchev–Trinajstić information content (AvgIpc) is 3.11. The second-order valence-electron chi connectivity index (χ2n) is 6.49. The Bertz CT molecular complexity index is 927.